The highest BCUT2D eigenvalue weighted by molar-refractivity contribution is 6.44. The van der Waals surface area contributed by atoms with Gasteiger partial charge in [0.25, 0.3) is 11.7 Å². The number of halogens is 1. The maximum absolute atomic E-state index is 13.3. The van der Waals surface area contributed by atoms with Gasteiger partial charge in [-0.15, -0.1) is 0 Å². The standard InChI is InChI=1S/C28H26ClN3O2/c29-23-12-10-22(11-13-23)19-32-20-25(24-8-4-5-9-26(24)32)27(33)28(34)31-16-14-30(15-17-31)18-21-6-2-1-3-7-21/h1-13,20H,14-19H2. The summed E-state index contributed by atoms with van der Waals surface area (Å²) in [5.74, 6) is -0.865. The predicted octanol–water partition coefficient (Wildman–Crippen LogP) is 4.87. The van der Waals surface area contributed by atoms with Gasteiger partial charge in [0, 0.05) is 61.4 Å². The molecule has 6 heteroatoms. The summed E-state index contributed by atoms with van der Waals surface area (Å²) >= 11 is 6.02. The van der Waals surface area contributed by atoms with Crippen molar-refractivity contribution in [2.45, 2.75) is 13.1 Å². The van der Waals surface area contributed by atoms with Gasteiger partial charge in [0.05, 0.1) is 5.56 Å². The average molecular weight is 472 g/mol. The highest BCUT2D eigenvalue weighted by Gasteiger charge is 2.29. The molecule has 1 fully saturated rings. The van der Waals surface area contributed by atoms with Crippen LogP contribution in [0.1, 0.15) is 21.5 Å². The second-order valence-electron chi connectivity index (χ2n) is 8.70. The smallest absolute Gasteiger partial charge is 0.295 e. The molecule has 0 bridgehead atoms. The summed E-state index contributed by atoms with van der Waals surface area (Å²) in [5, 5.41) is 1.49. The average Bonchev–Trinajstić information content (AvgIpc) is 3.24. The number of Topliss-reactive ketones (excluding diaryl/α,β-unsaturated/α-hetero) is 1. The van der Waals surface area contributed by atoms with E-state index in [4.69, 9.17) is 11.6 Å². The van der Waals surface area contributed by atoms with E-state index in [1.165, 1.54) is 5.56 Å². The number of ketones is 1. The molecule has 0 radical (unpaired) electrons. The third kappa shape index (κ3) is 4.76. The van der Waals surface area contributed by atoms with Gasteiger partial charge in [0.15, 0.2) is 0 Å². The molecule has 172 valence electrons. The number of para-hydroxylation sites is 1. The molecular weight excluding hydrogens is 446 g/mol. The van der Waals surface area contributed by atoms with Crippen molar-refractivity contribution in [1.82, 2.24) is 14.4 Å². The SMILES string of the molecule is O=C(C(=O)N1CCN(Cc2ccccc2)CC1)c1cn(Cc2ccc(Cl)cc2)c2ccccc12. The van der Waals surface area contributed by atoms with E-state index in [1.807, 2.05) is 77.5 Å². The third-order valence-corrected chi connectivity index (χ3v) is 6.65. The molecule has 1 aliphatic heterocycles. The lowest BCUT2D eigenvalue weighted by molar-refractivity contribution is -0.128. The van der Waals surface area contributed by atoms with Crippen molar-refractivity contribution in [1.29, 1.82) is 0 Å². The topological polar surface area (TPSA) is 45.6 Å². The summed E-state index contributed by atoms with van der Waals surface area (Å²) in [5.41, 5.74) is 3.72. The molecule has 1 aliphatic rings. The molecule has 2 heterocycles. The van der Waals surface area contributed by atoms with Crippen molar-refractivity contribution in [3.05, 3.63) is 107 Å². The van der Waals surface area contributed by atoms with Crippen molar-refractivity contribution in [3.8, 4) is 0 Å². The fourth-order valence-corrected chi connectivity index (χ4v) is 4.68. The highest BCUT2D eigenvalue weighted by atomic mass is 35.5. The molecule has 0 saturated carbocycles. The number of amides is 1. The van der Waals surface area contributed by atoms with Crippen LogP contribution in [0, 0.1) is 0 Å². The van der Waals surface area contributed by atoms with E-state index < -0.39 is 11.7 Å². The number of hydrogen-bond donors (Lipinski definition) is 0. The number of aromatic nitrogens is 1. The number of rotatable bonds is 6. The molecule has 0 N–H and O–H groups in total. The van der Waals surface area contributed by atoms with Crippen molar-refractivity contribution in [3.63, 3.8) is 0 Å². The fraction of sp³-hybridized carbons (Fsp3) is 0.214. The minimum atomic E-state index is -0.442. The zero-order chi connectivity index (χ0) is 23.5. The lowest BCUT2D eigenvalue weighted by atomic mass is 10.1. The van der Waals surface area contributed by atoms with Crippen LogP contribution in [0.15, 0.2) is 85.1 Å². The summed E-state index contributed by atoms with van der Waals surface area (Å²) in [4.78, 5) is 30.5. The molecule has 0 aliphatic carbocycles. The Balaban J connectivity index is 1.30. The predicted molar refractivity (Wildman–Crippen MR) is 135 cm³/mol. The first-order valence-corrected chi connectivity index (χ1v) is 11.9. The van der Waals surface area contributed by atoms with Crippen LogP contribution in [0.25, 0.3) is 10.9 Å². The number of benzene rings is 3. The number of carbonyl (C=O) groups excluding carboxylic acids is 2. The zero-order valence-electron chi connectivity index (χ0n) is 18.9. The van der Waals surface area contributed by atoms with E-state index >= 15 is 0 Å². The van der Waals surface area contributed by atoms with Gasteiger partial charge < -0.3 is 9.47 Å². The molecule has 1 amide bonds. The highest BCUT2D eigenvalue weighted by Crippen LogP contribution is 2.24. The van der Waals surface area contributed by atoms with Crippen molar-refractivity contribution in [2.24, 2.45) is 0 Å². The number of fused-ring (bicyclic) bond motifs is 1. The summed E-state index contributed by atoms with van der Waals surface area (Å²) in [6.07, 6.45) is 1.81. The molecule has 0 unspecified atom stereocenters. The van der Waals surface area contributed by atoms with E-state index in [9.17, 15) is 9.59 Å². The van der Waals surface area contributed by atoms with Crippen molar-refractivity contribution in [2.75, 3.05) is 26.2 Å². The minimum Gasteiger partial charge on any atom is -0.342 e. The van der Waals surface area contributed by atoms with Crippen LogP contribution in [-0.4, -0.2) is 52.2 Å². The van der Waals surface area contributed by atoms with E-state index in [1.54, 1.807) is 4.90 Å². The Labute approximate surface area is 204 Å². The van der Waals surface area contributed by atoms with Crippen LogP contribution in [0.2, 0.25) is 5.02 Å². The second-order valence-corrected chi connectivity index (χ2v) is 9.13. The maximum Gasteiger partial charge on any atom is 0.295 e. The lowest BCUT2D eigenvalue weighted by Crippen LogP contribution is -2.50. The monoisotopic (exact) mass is 471 g/mol. The van der Waals surface area contributed by atoms with E-state index in [0.29, 0.717) is 30.2 Å². The molecule has 1 saturated heterocycles. The van der Waals surface area contributed by atoms with Gasteiger partial charge in [0.1, 0.15) is 0 Å². The van der Waals surface area contributed by atoms with E-state index in [0.717, 1.165) is 36.1 Å². The Morgan fingerprint density at radius 1 is 0.735 bits per heavy atom. The van der Waals surface area contributed by atoms with Gasteiger partial charge in [-0.2, -0.15) is 0 Å². The van der Waals surface area contributed by atoms with Gasteiger partial charge in [-0.05, 0) is 29.3 Å². The van der Waals surface area contributed by atoms with Gasteiger partial charge in [-0.1, -0.05) is 72.3 Å². The maximum atomic E-state index is 13.3. The first kappa shape index (κ1) is 22.4. The number of piperazine rings is 1. The van der Waals surface area contributed by atoms with Crippen LogP contribution >= 0.6 is 11.6 Å². The summed E-state index contributed by atoms with van der Waals surface area (Å²) in [6.45, 7) is 4.08. The quantitative estimate of drug-likeness (QED) is 0.298. The van der Waals surface area contributed by atoms with Crippen LogP contribution in [-0.2, 0) is 17.9 Å². The molecule has 5 nitrogen and oxygen atoms in total. The van der Waals surface area contributed by atoms with Crippen LogP contribution in [0.5, 0.6) is 0 Å². The lowest BCUT2D eigenvalue weighted by Gasteiger charge is -2.34. The molecule has 1 aromatic heterocycles. The molecule has 0 spiro atoms. The molecule has 34 heavy (non-hydrogen) atoms. The zero-order valence-corrected chi connectivity index (χ0v) is 19.6. The second kappa shape index (κ2) is 9.84. The number of hydrogen-bond acceptors (Lipinski definition) is 3. The summed E-state index contributed by atoms with van der Waals surface area (Å²) < 4.78 is 2.02. The van der Waals surface area contributed by atoms with Gasteiger partial charge >= 0.3 is 0 Å². The first-order valence-electron chi connectivity index (χ1n) is 11.5. The third-order valence-electron chi connectivity index (χ3n) is 6.40. The fourth-order valence-electron chi connectivity index (χ4n) is 4.55. The Morgan fingerprint density at radius 2 is 1.38 bits per heavy atom. The Morgan fingerprint density at radius 3 is 2.12 bits per heavy atom. The van der Waals surface area contributed by atoms with Crippen molar-refractivity contribution >= 4 is 34.2 Å². The molecular formula is C28H26ClN3O2. The minimum absolute atomic E-state index is 0.422. The largest absolute Gasteiger partial charge is 0.342 e. The first-order chi connectivity index (χ1) is 16.6. The van der Waals surface area contributed by atoms with Gasteiger partial charge in [-0.3, -0.25) is 14.5 Å². The Kier molecular flexibility index (Phi) is 6.48. The van der Waals surface area contributed by atoms with Gasteiger partial charge in [0.2, 0.25) is 0 Å². The van der Waals surface area contributed by atoms with Gasteiger partial charge in [-0.25, -0.2) is 0 Å². The number of nitrogens with zero attached hydrogens (tertiary/aromatic N) is 3. The molecule has 5 rings (SSSR count). The van der Waals surface area contributed by atoms with Crippen LogP contribution in [0.3, 0.4) is 0 Å². The molecule has 0 atom stereocenters. The Bertz CT molecular complexity index is 1310. The van der Waals surface area contributed by atoms with E-state index in [-0.39, 0.29) is 0 Å². The molecule has 3 aromatic carbocycles. The number of carbonyl (C=O) groups is 2. The van der Waals surface area contributed by atoms with Crippen LogP contribution < -0.4 is 0 Å². The molecule has 4 aromatic rings. The van der Waals surface area contributed by atoms with E-state index in [2.05, 4.69) is 17.0 Å². The normalized spacial score (nSPS) is 14.4. The Hall–Kier alpha value is -3.41. The van der Waals surface area contributed by atoms with Crippen molar-refractivity contribution < 1.29 is 9.59 Å². The summed E-state index contributed by atoms with van der Waals surface area (Å²) in [6, 6.07) is 25.7. The summed E-state index contributed by atoms with van der Waals surface area (Å²) in [7, 11) is 0. The van der Waals surface area contributed by atoms with Crippen LogP contribution in [0.4, 0.5) is 0 Å².